The van der Waals surface area contributed by atoms with Crippen LogP contribution in [0.2, 0.25) is 0 Å². The van der Waals surface area contributed by atoms with Gasteiger partial charge in [0.15, 0.2) is 0 Å². The number of anilines is 1. The minimum absolute atomic E-state index is 0.0219. The largest absolute Gasteiger partial charge is 0.352 e. The van der Waals surface area contributed by atoms with Crippen LogP contribution in [0.3, 0.4) is 0 Å². The smallest absolute Gasteiger partial charge is 0.251 e. The lowest BCUT2D eigenvalue weighted by Crippen LogP contribution is -2.39. The number of carbonyl (C=O) groups is 2. The van der Waals surface area contributed by atoms with E-state index in [1.54, 1.807) is 6.20 Å². The Kier molecular flexibility index (Phi) is 6.09. The van der Waals surface area contributed by atoms with Crippen molar-refractivity contribution >= 4 is 28.3 Å². The Morgan fingerprint density at radius 1 is 1.09 bits per heavy atom. The summed E-state index contributed by atoms with van der Waals surface area (Å²) in [5.74, 6) is 0.738. The SMILES string of the molecule is CN1CCCC(CNC(=O)c2ccc([C@@H]3C[C@H]3C(=O)Nc3ccc4cnccc4c3)cc2)C1. The lowest BCUT2D eigenvalue weighted by Gasteiger charge is -2.29. The van der Waals surface area contributed by atoms with Gasteiger partial charge in [0.25, 0.3) is 5.91 Å². The van der Waals surface area contributed by atoms with Crippen LogP contribution in [0.5, 0.6) is 0 Å². The summed E-state index contributed by atoms with van der Waals surface area (Å²) < 4.78 is 0. The van der Waals surface area contributed by atoms with E-state index in [1.165, 1.54) is 12.8 Å². The van der Waals surface area contributed by atoms with Gasteiger partial charge in [-0.2, -0.15) is 0 Å². The van der Waals surface area contributed by atoms with Gasteiger partial charge in [-0.05, 0) is 86.0 Å². The van der Waals surface area contributed by atoms with Gasteiger partial charge in [0.1, 0.15) is 0 Å². The summed E-state index contributed by atoms with van der Waals surface area (Å²) in [5, 5.41) is 8.24. The number of piperidine rings is 1. The molecule has 0 bridgehead atoms. The summed E-state index contributed by atoms with van der Waals surface area (Å²) in [7, 11) is 2.14. The Morgan fingerprint density at radius 3 is 2.76 bits per heavy atom. The molecule has 3 atom stereocenters. The molecule has 1 aliphatic carbocycles. The molecule has 2 N–H and O–H groups in total. The van der Waals surface area contributed by atoms with E-state index in [9.17, 15) is 9.59 Å². The fourth-order valence-electron chi connectivity index (χ4n) is 4.91. The molecule has 1 saturated carbocycles. The van der Waals surface area contributed by atoms with Gasteiger partial charge in [-0.25, -0.2) is 0 Å². The number of nitrogens with zero attached hydrogens (tertiary/aromatic N) is 2. The molecule has 1 aliphatic heterocycles. The van der Waals surface area contributed by atoms with Crippen molar-refractivity contribution in [2.24, 2.45) is 11.8 Å². The molecule has 2 fully saturated rings. The number of hydrogen-bond acceptors (Lipinski definition) is 4. The second-order valence-corrected chi connectivity index (χ2v) is 9.48. The normalized spacial score (nSPS) is 22.6. The summed E-state index contributed by atoms with van der Waals surface area (Å²) in [6.07, 6.45) is 6.77. The Balaban J connectivity index is 1.14. The van der Waals surface area contributed by atoms with E-state index in [-0.39, 0.29) is 23.7 Å². The van der Waals surface area contributed by atoms with Crippen molar-refractivity contribution in [1.29, 1.82) is 0 Å². The van der Waals surface area contributed by atoms with Crippen LogP contribution in [-0.2, 0) is 4.79 Å². The van der Waals surface area contributed by atoms with Crippen LogP contribution in [0.4, 0.5) is 5.69 Å². The Morgan fingerprint density at radius 2 is 1.94 bits per heavy atom. The van der Waals surface area contributed by atoms with E-state index in [0.29, 0.717) is 11.5 Å². The van der Waals surface area contributed by atoms with Gasteiger partial charge in [0, 0.05) is 48.0 Å². The molecule has 2 heterocycles. The van der Waals surface area contributed by atoms with E-state index in [4.69, 9.17) is 0 Å². The zero-order valence-corrected chi connectivity index (χ0v) is 19.0. The van der Waals surface area contributed by atoms with Crippen molar-refractivity contribution in [3.05, 3.63) is 72.1 Å². The highest BCUT2D eigenvalue weighted by atomic mass is 16.2. The fourth-order valence-corrected chi connectivity index (χ4v) is 4.91. The first kappa shape index (κ1) is 21.6. The molecule has 0 spiro atoms. The third kappa shape index (κ3) is 5.06. The molecule has 0 radical (unpaired) electrons. The summed E-state index contributed by atoms with van der Waals surface area (Å²) >= 11 is 0. The number of benzene rings is 2. The highest BCUT2D eigenvalue weighted by Gasteiger charge is 2.43. The third-order valence-electron chi connectivity index (χ3n) is 6.91. The number of amides is 2. The number of pyridine rings is 1. The predicted molar refractivity (Wildman–Crippen MR) is 130 cm³/mol. The van der Waals surface area contributed by atoms with Crippen molar-refractivity contribution in [2.45, 2.75) is 25.2 Å². The van der Waals surface area contributed by atoms with Gasteiger partial charge in [0.2, 0.25) is 5.91 Å². The van der Waals surface area contributed by atoms with Gasteiger partial charge in [-0.1, -0.05) is 18.2 Å². The molecule has 2 amide bonds. The van der Waals surface area contributed by atoms with E-state index in [1.807, 2.05) is 54.7 Å². The molecule has 170 valence electrons. The highest BCUT2D eigenvalue weighted by Crippen LogP contribution is 2.48. The maximum atomic E-state index is 12.7. The van der Waals surface area contributed by atoms with Crippen molar-refractivity contribution in [1.82, 2.24) is 15.2 Å². The number of fused-ring (bicyclic) bond motifs is 1. The van der Waals surface area contributed by atoms with E-state index in [2.05, 4.69) is 27.6 Å². The van der Waals surface area contributed by atoms with E-state index < -0.39 is 0 Å². The highest BCUT2D eigenvalue weighted by molar-refractivity contribution is 5.97. The zero-order chi connectivity index (χ0) is 22.8. The number of hydrogen-bond donors (Lipinski definition) is 2. The zero-order valence-electron chi connectivity index (χ0n) is 19.0. The Bertz CT molecular complexity index is 1160. The molecule has 3 aromatic rings. The second kappa shape index (κ2) is 9.32. The van der Waals surface area contributed by atoms with Gasteiger partial charge in [0.05, 0.1) is 0 Å². The van der Waals surface area contributed by atoms with Crippen LogP contribution in [0.1, 0.15) is 41.1 Å². The van der Waals surface area contributed by atoms with Crippen LogP contribution in [0.15, 0.2) is 60.9 Å². The van der Waals surface area contributed by atoms with E-state index in [0.717, 1.165) is 48.1 Å². The molecule has 2 aromatic carbocycles. The van der Waals surface area contributed by atoms with Crippen LogP contribution in [-0.4, -0.2) is 48.4 Å². The molecular formula is C27H30N4O2. The predicted octanol–water partition coefficient (Wildman–Crippen LogP) is 4.05. The molecule has 5 rings (SSSR count). The summed E-state index contributed by atoms with van der Waals surface area (Å²) in [6, 6.07) is 15.5. The molecule has 1 saturated heterocycles. The number of likely N-dealkylation sites (tertiary alicyclic amines) is 1. The summed E-state index contributed by atoms with van der Waals surface area (Å²) in [4.78, 5) is 31.7. The number of nitrogens with one attached hydrogen (secondary N) is 2. The van der Waals surface area contributed by atoms with Crippen LogP contribution < -0.4 is 10.6 Å². The first-order valence-electron chi connectivity index (χ1n) is 11.8. The molecule has 6 heteroatoms. The lowest BCUT2D eigenvalue weighted by atomic mass is 9.98. The van der Waals surface area contributed by atoms with Crippen LogP contribution in [0.25, 0.3) is 10.8 Å². The van der Waals surface area contributed by atoms with Crippen molar-refractivity contribution in [3.63, 3.8) is 0 Å². The first-order valence-corrected chi connectivity index (χ1v) is 11.8. The maximum absolute atomic E-state index is 12.7. The van der Waals surface area contributed by atoms with Gasteiger partial charge >= 0.3 is 0 Å². The van der Waals surface area contributed by atoms with Crippen molar-refractivity contribution in [3.8, 4) is 0 Å². The topological polar surface area (TPSA) is 74.3 Å². The molecule has 1 aromatic heterocycles. The minimum Gasteiger partial charge on any atom is -0.352 e. The fraction of sp³-hybridized carbons (Fsp3) is 0.370. The maximum Gasteiger partial charge on any atom is 0.251 e. The average Bonchev–Trinajstić information content (AvgIpc) is 3.64. The monoisotopic (exact) mass is 442 g/mol. The third-order valence-corrected chi connectivity index (χ3v) is 6.91. The van der Waals surface area contributed by atoms with Crippen molar-refractivity contribution < 1.29 is 9.59 Å². The molecule has 1 unspecified atom stereocenters. The molecule has 33 heavy (non-hydrogen) atoms. The lowest BCUT2D eigenvalue weighted by molar-refractivity contribution is -0.117. The Hall–Kier alpha value is -3.25. The molecule has 6 nitrogen and oxygen atoms in total. The summed E-state index contributed by atoms with van der Waals surface area (Å²) in [6.45, 7) is 2.91. The standard InChI is InChI=1S/C27H30N4O2/c1-31-12-2-3-18(17-31)15-29-26(32)20-6-4-19(5-7-20)24-14-25(24)27(33)30-23-9-8-22-16-28-11-10-21(22)13-23/h4-11,13,16,18,24-25H,2-3,12,14-15,17H2,1H3,(H,29,32)(H,30,33)/t18?,24-,25+/m0/s1. The number of carbonyl (C=O) groups excluding carboxylic acids is 2. The summed E-state index contributed by atoms with van der Waals surface area (Å²) in [5.41, 5.74) is 2.60. The second-order valence-electron chi connectivity index (χ2n) is 9.48. The van der Waals surface area contributed by atoms with Gasteiger partial charge in [-0.15, -0.1) is 0 Å². The van der Waals surface area contributed by atoms with E-state index >= 15 is 0 Å². The van der Waals surface area contributed by atoms with Gasteiger partial charge in [-0.3, -0.25) is 14.6 Å². The van der Waals surface area contributed by atoms with Crippen molar-refractivity contribution in [2.75, 3.05) is 32.0 Å². The van der Waals surface area contributed by atoms with Crippen LogP contribution >= 0.6 is 0 Å². The average molecular weight is 443 g/mol. The quantitative estimate of drug-likeness (QED) is 0.604. The van der Waals surface area contributed by atoms with Gasteiger partial charge < -0.3 is 15.5 Å². The number of rotatable bonds is 6. The number of aromatic nitrogens is 1. The Labute approximate surface area is 194 Å². The first-order chi connectivity index (χ1) is 16.1. The van der Waals surface area contributed by atoms with Crippen LogP contribution in [0, 0.1) is 11.8 Å². The molecular weight excluding hydrogens is 412 g/mol. The minimum atomic E-state index is -0.0268. The molecule has 2 aliphatic rings.